The molecule has 38 heavy (non-hydrogen) atoms. The van der Waals surface area contributed by atoms with E-state index in [0.717, 1.165) is 34.9 Å². The van der Waals surface area contributed by atoms with Gasteiger partial charge >= 0.3 is 0 Å². The summed E-state index contributed by atoms with van der Waals surface area (Å²) in [5.41, 5.74) is 3.89. The van der Waals surface area contributed by atoms with Crippen molar-refractivity contribution in [2.75, 3.05) is 26.0 Å². The average Bonchev–Trinajstić information content (AvgIpc) is 2.85. The monoisotopic (exact) mass is 583 g/mol. The summed E-state index contributed by atoms with van der Waals surface area (Å²) < 4.78 is 30.9. The van der Waals surface area contributed by atoms with E-state index in [2.05, 4.69) is 10.3 Å². The number of hydrogen-bond donors (Lipinski definition) is 3. The molecule has 1 amide bonds. The Balaban J connectivity index is 0.00000361. The number of aliphatic hydroxyl groups is 1. The van der Waals surface area contributed by atoms with E-state index in [1.807, 2.05) is 48.9 Å². The van der Waals surface area contributed by atoms with Gasteiger partial charge in [0.1, 0.15) is 5.75 Å². The lowest BCUT2D eigenvalue weighted by Gasteiger charge is -2.15. The quantitative estimate of drug-likeness (QED) is 0.274. The van der Waals surface area contributed by atoms with E-state index in [1.54, 1.807) is 36.7 Å². The van der Waals surface area contributed by atoms with E-state index in [-0.39, 0.29) is 36.3 Å². The van der Waals surface area contributed by atoms with Crippen molar-refractivity contribution in [2.45, 2.75) is 26.4 Å². The molecule has 0 aliphatic carbocycles. The minimum Gasteiger partial charge on any atom is -0.492 e. The van der Waals surface area contributed by atoms with Crippen molar-refractivity contribution in [2.24, 2.45) is 5.92 Å². The number of sulfonamides is 1. The van der Waals surface area contributed by atoms with Crippen LogP contribution in [-0.2, 0) is 16.4 Å². The molecule has 3 rings (SSSR count). The van der Waals surface area contributed by atoms with Crippen LogP contribution in [0.25, 0.3) is 11.1 Å². The van der Waals surface area contributed by atoms with Crippen LogP contribution < -0.4 is 14.8 Å². The molecular weight excluding hydrogens is 549 g/mol. The van der Waals surface area contributed by atoms with Crippen LogP contribution in [0, 0.1) is 5.92 Å². The molecule has 0 spiro atoms. The molecule has 11 heteroatoms. The summed E-state index contributed by atoms with van der Waals surface area (Å²) in [5.74, 6) is -0.153. The Morgan fingerprint density at radius 3 is 2.34 bits per heavy atom. The van der Waals surface area contributed by atoms with Crippen LogP contribution in [0.1, 0.15) is 41.4 Å². The Bertz CT molecular complexity index is 1260. The zero-order valence-electron chi connectivity index (χ0n) is 21.6. The van der Waals surface area contributed by atoms with Crippen molar-refractivity contribution in [3.8, 4) is 16.9 Å². The first-order chi connectivity index (χ1) is 17.1. The predicted molar refractivity (Wildman–Crippen MR) is 155 cm³/mol. The highest BCUT2D eigenvalue weighted by atomic mass is 35.5. The largest absolute Gasteiger partial charge is 0.492 e. The summed E-state index contributed by atoms with van der Waals surface area (Å²) >= 11 is 0. The minimum absolute atomic E-state index is 0. The van der Waals surface area contributed by atoms with Crippen LogP contribution in [0.2, 0.25) is 0 Å². The van der Waals surface area contributed by atoms with Crippen molar-refractivity contribution in [1.82, 2.24) is 15.0 Å². The number of pyridine rings is 1. The number of nitrogens with one attached hydrogen (secondary N) is 2. The second-order valence-corrected chi connectivity index (χ2v) is 10.8. The van der Waals surface area contributed by atoms with Crippen LogP contribution in [0.4, 0.5) is 0 Å². The molecule has 0 radical (unpaired) electrons. The summed E-state index contributed by atoms with van der Waals surface area (Å²) in [6.07, 6.45) is 4.48. The molecule has 0 fully saturated rings. The van der Waals surface area contributed by atoms with E-state index in [9.17, 15) is 18.3 Å². The molecular formula is C27H35Cl2N3O5S. The van der Waals surface area contributed by atoms with Crippen LogP contribution in [0.15, 0.2) is 67.0 Å². The Morgan fingerprint density at radius 2 is 1.74 bits per heavy atom. The van der Waals surface area contributed by atoms with Gasteiger partial charge in [0.25, 0.3) is 5.91 Å². The van der Waals surface area contributed by atoms with Crippen LogP contribution in [-0.4, -0.2) is 50.4 Å². The summed E-state index contributed by atoms with van der Waals surface area (Å²) in [7, 11) is -3.69. The van der Waals surface area contributed by atoms with E-state index >= 15 is 0 Å². The van der Waals surface area contributed by atoms with Gasteiger partial charge < -0.3 is 15.2 Å². The van der Waals surface area contributed by atoms with Crippen molar-refractivity contribution >= 4 is 40.7 Å². The summed E-state index contributed by atoms with van der Waals surface area (Å²) in [4.78, 5) is 16.5. The molecule has 0 saturated carbocycles. The van der Waals surface area contributed by atoms with Gasteiger partial charge in [-0.2, -0.15) is 0 Å². The molecule has 1 aromatic heterocycles. The fraction of sp³-hybridized carbons (Fsp3) is 0.333. The van der Waals surface area contributed by atoms with Crippen molar-refractivity contribution in [3.63, 3.8) is 0 Å². The third-order valence-electron chi connectivity index (χ3n) is 5.36. The molecule has 208 valence electrons. The van der Waals surface area contributed by atoms with Gasteiger partial charge in [-0.25, -0.2) is 13.1 Å². The molecule has 0 aliphatic rings. The fourth-order valence-electron chi connectivity index (χ4n) is 3.52. The summed E-state index contributed by atoms with van der Waals surface area (Å²) in [6.45, 7) is 5.54. The molecule has 2 aromatic carbocycles. The SMILES string of the molecule is CC(C)COc1cc(-c2ccc(CCNC[C@H](O)c3cccnc3)cc2)ccc1C(=O)NS(C)(=O)=O.Cl.Cl. The Morgan fingerprint density at radius 1 is 1.05 bits per heavy atom. The third-order valence-corrected chi connectivity index (χ3v) is 5.92. The number of aromatic nitrogens is 1. The third kappa shape index (κ3) is 10.6. The van der Waals surface area contributed by atoms with Crippen LogP contribution in [0.3, 0.4) is 0 Å². The Kier molecular flexibility index (Phi) is 13.7. The smallest absolute Gasteiger partial charge is 0.268 e. The molecule has 0 saturated heterocycles. The maximum atomic E-state index is 12.5. The van der Waals surface area contributed by atoms with Crippen LogP contribution >= 0.6 is 24.8 Å². The topological polar surface area (TPSA) is 118 Å². The maximum absolute atomic E-state index is 12.5. The number of rotatable bonds is 12. The first-order valence-corrected chi connectivity index (χ1v) is 13.7. The lowest BCUT2D eigenvalue weighted by atomic mass is 10.0. The number of hydrogen-bond acceptors (Lipinski definition) is 7. The number of carbonyl (C=O) groups is 1. The van der Waals surface area contributed by atoms with E-state index in [0.29, 0.717) is 25.4 Å². The van der Waals surface area contributed by atoms with Gasteiger partial charge in [-0.1, -0.05) is 50.2 Å². The highest BCUT2D eigenvalue weighted by Crippen LogP contribution is 2.28. The number of benzene rings is 2. The first-order valence-electron chi connectivity index (χ1n) is 11.8. The molecule has 0 bridgehead atoms. The fourth-order valence-corrected chi connectivity index (χ4v) is 3.96. The van der Waals surface area contributed by atoms with Crippen molar-refractivity contribution in [1.29, 1.82) is 0 Å². The number of carbonyl (C=O) groups excluding carboxylic acids is 1. The number of amides is 1. The Hall–Kier alpha value is -2.69. The zero-order valence-corrected chi connectivity index (χ0v) is 24.0. The summed E-state index contributed by atoms with van der Waals surface area (Å²) in [5, 5.41) is 13.5. The first kappa shape index (κ1) is 33.3. The van der Waals surface area contributed by atoms with Crippen molar-refractivity contribution < 1.29 is 23.1 Å². The lowest BCUT2D eigenvalue weighted by Crippen LogP contribution is -2.29. The standard InChI is InChI=1S/C27H33N3O5S.2ClH/c1-19(2)18-35-26-15-22(10-11-24(26)27(32)30-36(3,33)34)21-8-6-20(7-9-21)12-14-29-17-25(31)23-5-4-13-28-16-23;;/h4-11,13,15-16,19,25,29,31H,12,14,17-18H2,1-3H3,(H,30,32);2*1H/t25-;;/m0../s1. The molecule has 0 aliphatic heterocycles. The molecule has 0 unspecified atom stereocenters. The van der Waals surface area contributed by atoms with Gasteiger partial charge in [0.15, 0.2) is 0 Å². The minimum atomic E-state index is -3.69. The van der Waals surface area contributed by atoms with Gasteiger partial charge in [0.05, 0.1) is 24.5 Å². The van der Waals surface area contributed by atoms with E-state index in [4.69, 9.17) is 4.74 Å². The van der Waals surface area contributed by atoms with Crippen molar-refractivity contribution in [3.05, 3.63) is 83.7 Å². The zero-order chi connectivity index (χ0) is 26.1. The second-order valence-electron chi connectivity index (χ2n) is 9.07. The van der Waals surface area contributed by atoms with Gasteiger partial charge in [-0.3, -0.25) is 9.78 Å². The molecule has 8 nitrogen and oxygen atoms in total. The van der Waals surface area contributed by atoms with Gasteiger partial charge in [0.2, 0.25) is 10.0 Å². The Labute approximate surface area is 237 Å². The number of halogens is 2. The van der Waals surface area contributed by atoms with E-state index < -0.39 is 22.0 Å². The summed E-state index contributed by atoms with van der Waals surface area (Å²) in [6, 6.07) is 16.8. The lowest BCUT2D eigenvalue weighted by molar-refractivity contribution is 0.0977. The average molecular weight is 585 g/mol. The van der Waals surface area contributed by atoms with E-state index in [1.165, 1.54) is 0 Å². The molecule has 3 aromatic rings. The number of aliphatic hydroxyl groups excluding tert-OH is 1. The highest BCUT2D eigenvalue weighted by molar-refractivity contribution is 7.89. The second kappa shape index (κ2) is 15.7. The maximum Gasteiger partial charge on any atom is 0.268 e. The predicted octanol–water partition coefficient (Wildman–Crippen LogP) is 4.18. The van der Waals surface area contributed by atoms with Gasteiger partial charge in [-0.15, -0.1) is 24.8 Å². The number of ether oxygens (including phenoxy) is 1. The van der Waals surface area contributed by atoms with Gasteiger partial charge in [-0.05, 0) is 53.8 Å². The molecule has 1 atom stereocenters. The molecule has 1 heterocycles. The van der Waals surface area contributed by atoms with Gasteiger partial charge in [0, 0.05) is 24.5 Å². The number of nitrogens with zero attached hydrogens (tertiary/aromatic N) is 1. The normalized spacial score (nSPS) is 11.7. The van der Waals surface area contributed by atoms with Crippen LogP contribution in [0.5, 0.6) is 5.75 Å². The highest BCUT2D eigenvalue weighted by Gasteiger charge is 2.18. The molecule has 3 N–H and O–H groups in total.